The van der Waals surface area contributed by atoms with Crippen LogP contribution in [-0.4, -0.2) is 58.6 Å². The van der Waals surface area contributed by atoms with Crippen LogP contribution in [-0.2, 0) is 17.8 Å². The van der Waals surface area contributed by atoms with E-state index in [-0.39, 0.29) is 0 Å². The lowest BCUT2D eigenvalue weighted by molar-refractivity contribution is 0.0165. The lowest BCUT2D eigenvalue weighted by Gasteiger charge is -2.28. The maximum Gasteiger partial charge on any atom is 0.147 e. The Labute approximate surface area is 107 Å². The molecule has 100 valence electrons. The third-order valence-electron chi connectivity index (χ3n) is 3.77. The predicted molar refractivity (Wildman–Crippen MR) is 67.1 cm³/mol. The Bertz CT molecular complexity index is 374. The van der Waals surface area contributed by atoms with Gasteiger partial charge in [0.1, 0.15) is 12.2 Å². The Hall–Kier alpha value is -0.980. The van der Waals surface area contributed by atoms with Crippen molar-refractivity contribution in [3.05, 3.63) is 12.2 Å². The summed E-state index contributed by atoms with van der Waals surface area (Å²) >= 11 is 0. The molecule has 2 aliphatic heterocycles. The van der Waals surface area contributed by atoms with Crippen molar-refractivity contribution in [2.75, 3.05) is 32.8 Å². The molecule has 0 unspecified atom stereocenters. The molecular formula is C12H21N5O. The zero-order valence-corrected chi connectivity index (χ0v) is 10.7. The first kappa shape index (κ1) is 12.1. The lowest BCUT2D eigenvalue weighted by atomic mass is 10.1. The molecular weight excluding hydrogens is 230 g/mol. The highest BCUT2D eigenvalue weighted by atomic mass is 16.5. The van der Waals surface area contributed by atoms with Gasteiger partial charge in [0.05, 0.1) is 19.3 Å². The van der Waals surface area contributed by atoms with Crippen molar-refractivity contribution in [1.82, 2.24) is 25.0 Å². The van der Waals surface area contributed by atoms with E-state index in [1.807, 2.05) is 6.33 Å². The van der Waals surface area contributed by atoms with E-state index in [2.05, 4.69) is 25.0 Å². The summed E-state index contributed by atoms with van der Waals surface area (Å²) in [5.74, 6) is 1.07. The Morgan fingerprint density at radius 2 is 2.22 bits per heavy atom. The number of rotatable bonds is 4. The standard InChI is InChI=1S/C12H21N5O/c1-3-13-4-2-11(1)18-8-7-16-5-6-17-10-14-15-12(17)9-16/h10-11,13H,1-9H2. The van der Waals surface area contributed by atoms with E-state index in [9.17, 15) is 0 Å². The highest BCUT2D eigenvalue weighted by molar-refractivity contribution is 4.89. The molecule has 0 radical (unpaired) electrons. The predicted octanol–water partition coefficient (Wildman–Crippen LogP) is -0.138. The average Bonchev–Trinajstić information content (AvgIpc) is 2.87. The fraction of sp³-hybridized carbons (Fsp3) is 0.833. The van der Waals surface area contributed by atoms with Crippen LogP contribution in [0.4, 0.5) is 0 Å². The molecule has 6 nitrogen and oxygen atoms in total. The minimum absolute atomic E-state index is 0.458. The third-order valence-corrected chi connectivity index (χ3v) is 3.77. The fourth-order valence-corrected chi connectivity index (χ4v) is 2.62. The number of fused-ring (bicyclic) bond motifs is 1. The molecule has 0 bridgehead atoms. The van der Waals surface area contributed by atoms with Crippen LogP contribution in [0.25, 0.3) is 0 Å². The van der Waals surface area contributed by atoms with Crippen LogP contribution in [0.3, 0.4) is 0 Å². The maximum atomic E-state index is 5.93. The van der Waals surface area contributed by atoms with Gasteiger partial charge in [0.2, 0.25) is 0 Å². The van der Waals surface area contributed by atoms with Gasteiger partial charge in [0.25, 0.3) is 0 Å². The van der Waals surface area contributed by atoms with E-state index in [4.69, 9.17) is 4.74 Å². The quantitative estimate of drug-likeness (QED) is 0.807. The second kappa shape index (κ2) is 5.77. The zero-order chi connectivity index (χ0) is 12.2. The number of ether oxygens (including phenoxy) is 1. The van der Waals surface area contributed by atoms with Crippen molar-refractivity contribution in [2.45, 2.75) is 32.0 Å². The van der Waals surface area contributed by atoms with Crippen molar-refractivity contribution < 1.29 is 4.74 Å². The van der Waals surface area contributed by atoms with Gasteiger partial charge in [0.15, 0.2) is 0 Å². The summed E-state index contributed by atoms with van der Waals surface area (Å²) in [7, 11) is 0. The van der Waals surface area contributed by atoms with Crippen molar-refractivity contribution in [3.63, 3.8) is 0 Å². The Morgan fingerprint density at radius 3 is 3.11 bits per heavy atom. The van der Waals surface area contributed by atoms with Crippen LogP contribution >= 0.6 is 0 Å². The fourth-order valence-electron chi connectivity index (χ4n) is 2.62. The second-order valence-electron chi connectivity index (χ2n) is 5.04. The van der Waals surface area contributed by atoms with Crippen LogP contribution in [0.15, 0.2) is 6.33 Å². The normalized spacial score (nSPS) is 22.0. The van der Waals surface area contributed by atoms with Crippen molar-refractivity contribution in [3.8, 4) is 0 Å². The van der Waals surface area contributed by atoms with E-state index in [0.29, 0.717) is 6.10 Å². The summed E-state index contributed by atoms with van der Waals surface area (Å²) in [5.41, 5.74) is 0. The third kappa shape index (κ3) is 2.88. The Kier molecular flexibility index (Phi) is 3.87. The molecule has 3 heterocycles. The molecule has 6 heteroatoms. The van der Waals surface area contributed by atoms with Gasteiger partial charge in [-0.3, -0.25) is 4.90 Å². The van der Waals surface area contributed by atoms with Crippen LogP contribution in [0.2, 0.25) is 0 Å². The van der Waals surface area contributed by atoms with Crippen molar-refractivity contribution >= 4 is 0 Å². The molecule has 0 aliphatic carbocycles. The molecule has 18 heavy (non-hydrogen) atoms. The lowest BCUT2D eigenvalue weighted by Crippen LogP contribution is -2.38. The van der Waals surface area contributed by atoms with Crippen LogP contribution < -0.4 is 5.32 Å². The molecule has 3 rings (SSSR count). The number of hydrogen-bond acceptors (Lipinski definition) is 5. The number of aromatic nitrogens is 3. The van der Waals surface area contributed by atoms with Gasteiger partial charge in [-0.15, -0.1) is 10.2 Å². The molecule has 1 aromatic heterocycles. The molecule has 0 amide bonds. The molecule has 0 aromatic carbocycles. The molecule has 1 fully saturated rings. The van der Waals surface area contributed by atoms with Gasteiger partial charge < -0.3 is 14.6 Å². The SMILES string of the molecule is c1nnc2n1CCN(CCOC1CCNCC1)C2. The number of nitrogens with zero attached hydrogens (tertiary/aromatic N) is 4. The topological polar surface area (TPSA) is 55.2 Å². The Morgan fingerprint density at radius 1 is 1.33 bits per heavy atom. The summed E-state index contributed by atoms with van der Waals surface area (Å²) in [5, 5.41) is 11.4. The number of piperidine rings is 1. The highest BCUT2D eigenvalue weighted by Crippen LogP contribution is 2.10. The van der Waals surface area contributed by atoms with Crippen molar-refractivity contribution in [1.29, 1.82) is 0 Å². The molecule has 1 aromatic rings. The highest BCUT2D eigenvalue weighted by Gasteiger charge is 2.18. The molecule has 1 saturated heterocycles. The van der Waals surface area contributed by atoms with Gasteiger partial charge >= 0.3 is 0 Å². The van der Waals surface area contributed by atoms with E-state index in [0.717, 1.165) is 64.5 Å². The minimum atomic E-state index is 0.458. The first-order valence-electron chi connectivity index (χ1n) is 6.83. The largest absolute Gasteiger partial charge is 0.377 e. The molecule has 1 N–H and O–H groups in total. The first-order valence-corrected chi connectivity index (χ1v) is 6.83. The molecule has 0 atom stereocenters. The van der Waals surface area contributed by atoms with Crippen molar-refractivity contribution in [2.24, 2.45) is 0 Å². The van der Waals surface area contributed by atoms with E-state index >= 15 is 0 Å². The average molecular weight is 251 g/mol. The van der Waals surface area contributed by atoms with Gasteiger partial charge in [-0.2, -0.15) is 0 Å². The summed E-state index contributed by atoms with van der Waals surface area (Å²) in [4.78, 5) is 2.39. The maximum absolute atomic E-state index is 5.93. The molecule has 0 saturated carbocycles. The summed E-state index contributed by atoms with van der Waals surface area (Å²) in [6.45, 7) is 6.98. The second-order valence-corrected chi connectivity index (χ2v) is 5.04. The van der Waals surface area contributed by atoms with Gasteiger partial charge in [-0.1, -0.05) is 0 Å². The van der Waals surface area contributed by atoms with Crippen LogP contribution in [0, 0.1) is 0 Å². The van der Waals surface area contributed by atoms with Crippen LogP contribution in [0.1, 0.15) is 18.7 Å². The molecule has 0 spiro atoms. The van der Waals surface area contributed by atoms with Crippen LogP contribution in [0.5, 0.6) is 0 Å². The van der Waals surface area contributed by atoms with Gasteiger partial charge in [-0.25, -0.2) is 0 Å². The minimum Gasteiger partial charge on any atom is -0.377 e. The number of hydrogen-bond donors (Lipinski definition) is 1. The van der Waals surface area contributed by atoms with E-state index in [1.54, 1.807) is 0 Å². The first-order chi connectivity index (χ1) is 8.92. The van der Waals surface area contributed by atoms with E-state index in [1.165, 1.54) is 0 Å². The smallest absolute Gasteiger partial charge is 0.147 e. The zero-order valence-electron chi connectivity index (χ0n) is 10.7. The van der Waals surface area contributed by atoms with Gasteiger partial charge in [0, 0.05) is 19.6 Å². The number of nitrogens with one attached hydrogen (secondary N) is 1. The van der Waals surface area contributed by atoms with Gasteiger partial charge in [-0.05, 0) is 25.9 Å². The molecule has 2 aliphatic rings. The monoisotopic (exact) mass is 251 g/mol. The summed E-state index contributed by atoms with van der Waals surface area (Å²) < 4.78 is 8.06. The summed E-state index contributed by atoms with van der Waals surface area (Å²) in [6, 6.07) is 0. The summed E-state index contributed by atoms with van der Waals surface area (Å²) in [6.07, 6.45) is 4.57. The van der Waals surface area contributed by atoms with E-state index < -0.39 is 0 Å². The Balaban J connectivity index is 1.39.